The van der Waals surface area contributed by atoms with Crippen LogP contribution in [0.3, 0.4) is 0 Å². The van der Waals surface area contributed by atoms with E-state index < -0.39 is 11.7 Å². The molecule has 0 spiro atoms. The Hall–Kier alpha value is -2.89. The number of rotatable bonds is 1. The summed E-state index contributed by atoms with van der Waals surface area (Å²) in [5.41, 5.74) is 5.49. The van der Waals surface area contributed by atoms with Crippen molar-refractivity contribution in [2.24, 2.45) is 0 Å². The summed E-state index contributed by atoms with van der Waals surface area (Å²) >= 11 is 0. The molecule has 0 aliphatic heterocycles. The van der Waals surface area contributed by atoms with E-state index in [1.807, 2.05) is 0 Å². The molecule has 6 nitrogen and oxygen atoms in total. The van der Waals surface area contributed by atoms with Crippen molar-refractivity contribution in [3.05, 3.63) is 48.5 Å². The molecule has 6 heteroatoms. The zero-order valence-electron chi connectivity index (χ0n) is 13.4. The van der Waals surface area contributed by atoms with Gasteiger partial charge in [0.15, 0.2) is 0 Å². The van der Waals surface area contributed by atoms with Crippen molar-refractivity contribution in [3.8, 4) is 11.5 Å². The number of anilines is 2. The molecule has 2 rings (SSSR count). The lowest BCUT2D eigenvalue weighted by Crippen LogP contribution is -2.27. The Kier molecular flexibility index (Phi) is 6.26. The van der Waals surface area contributed by atoms with Crippen molar-refractivity contribution < 1.29 is 19.7 Å². The largest absolute Gasteiger partial charge is 0.506 e. The van der Waals surface area contributed by atoms with Gasteiger partial charge in [-0.2, -0.15) is 0 Å². The van der Waals surface area contributed by atoms with Gasteiger partial charge in [0.25, 0.3) is 0 Å². The molecule has 5 N–H and O–H groups in total. The number of nitrogens with one attached hydrogen (secondary N) is 1. The highest BCUT2D eigenvalue weighted by molar-refractivity contribution is 5.86. The van der Waals surface area contributed by atoms with Gasteiger partial charge in [-0.15, -0.1) is 0 Å². The Morgan fingerprint density at radius 2 is 1.52 bits per heavy atom. The molecule has 2 aromatic rings. The maximum atomic E-state index is 11.3. The van der Waals surface area contributed by atoms with E-state index in [2.05, 4.69) is 5.32 Å². The van der Waals surface area contributed by atoms with Gasteiger partial charge in [-0.25, -0.2) is 4.79 Å². The van der Waals surface area contributed by atoms with Crippen molar-refractivity contribution in [3.63, 3.8) is 0 Å². The number of hydrogen-bond acceptors (Lipinski definition) is 5. The van der Waals surface area contributed by atoms with Gasteiger partial charge in [-0.05, 0) is 45.0 Å². The number of hydrogen-bond donors (Lipinski definition) is 4. The van der Waals surface area contributed by atoms with Gasteiger partial charge >= 0.3 is 6.09 Å². The molecule has 0 aliphatic carbocycles. The van der Waals surface area contributed by atoms with Gasteiger partial charge in [-0.3, -0.25) is 5.32 Å². The van der Waals surface area contributed by atoms with Crippen LogP contribution in [-0.4, -0.2) is 21.9 Å². The third-order valence-electron chi connectivity index (χ3n) is 2.48. The molecular formula is C17H22N2O4. The highest BCUT2D eigenvalue weighted by atomic mass is 16.6. The molecule has 1 amide bonds. The molecule has 0 fully saturated rings. The van der Waals surface area contributed by atoms with Gasteiger partial charge in [0.05, 0.1) is 11.4 Å². The molecular weight excluding hydrogens is 296 g/mol. The molecule has 124 valence electrons. The van der Waals surface area contributed by atoms with E-state index in [9.17, 15) is 9.90 Å². The number of phenols is 2. The fourth-order valence-electron chi connectivity index (χ4n) is 1.48. The van der Waals surface area contributed by atoms with E-state index in [1.54, 1.807) is 63.2 Å². The zero-order chi connectivity index (χ0) is 17.5. The Bertz CT molecular complexity index is 630. The molecule has 2 aromatic carbocycles. The molecule has 0 saturated carbocycles. The molecule has 0 unspecified atom stereocenters. The molecule has 0 aliphatic rings. The Morgan fingerprint density at radius 3 is 1.96 bits per heavy atom. The van der Waals surface area contributed by atoms with Crippen molar-refractivity contribution in [2.45, 2.75) is 26.4 Å². The van der Waals surface area contributed by atoms with Crippen LogP contribution in [-0.2, 0) is 4.74 Å². The van der Waals surface area contributed by atoms with E-state index in [4.69, 9.17) is 15.6 Å². The minimum Gasteiger partial charge on any atom is -0.506 e. The number of phenolic OH excluding ortho intramolecular Hbond substituents is 2. The van der Waals surface area contributed by atoms with Crippen LogP contribution in [0.5, 0.6) is 11.5 Å². The lowest BCUT2D eigenvalue weighted by Gasteiger charge is -2.19. The normalized spacial score (nSPS) is 10.2. The summed E-state index contributed by atoms with van der Waals surface area (Å²) in [4.78, 5) is 11.3. The van der Waals surface area contributed by atoms with Crippen molar-refractivity contribution >= 4 is 17.5 Å². The number of carbonyl (C=O) groups is 1. The van der Waals surface area contributed by atoms with Crippen LogP contribution < -0.4 is 11.1 Å². The lowest BCUT2D eigenvalue weighted by atomic mass is 10.2. The number of amides is 1. The standard InChI is InChI=1S/C11H15NO3.C6H7NO/c1-11(2,3)15-10(14)12-8-6-4-5-7-9(8)13;7-5-3-1-2-4-6(5)8/h4-7,13H,1-3H3,(H,12,14);1-4,8H,7H2. The smallest absolute Gasteiger partial charge is 0.412 e. The predicted molar refractivity (Wildman–Crippen MR) is 90.5 cm³/mol. The Balaban J connectivity index is 0.000000277. The first-order valence-electron chi connectivity index (χ1n) is 7.00. The Labute approximate surface area is 135 Å². The topological polar surface area (TPSA) is 105 Å². The third kappa shape index (κ3) is 7.08. The number of nitrogen functional groups attached to an aromatic ring is 1. The minimum atomic E-state index is -0.580. The van der Waals surface area contributed by atoms with Crippen LogP contribution in [0.4, 0.5) is 16.2 Å². The molecule has 0 saturated heterocycles. The van der Waals surface area contributed by atoms with Crippen molar-refractivity contribution in [1.29, 1.82) is 0 Å². The lowest BCUT2D eigenvalue weighted by molar-refractivity contribution is 0.0635. The highest BCUT2D eigenvalue weighted by Gasteiger charge is 2.16. The van der Waals surface area contributed by atoms with Gasteiger partial charge < -0.3 is 20.7 Å². The van der Waals surface area contributed by atoms with E-state index in [1.165, 1.54) is 6.07 Å². The van der Waals surface area contributed by atoms with Crippen LogP contribution in [0.15, 0.2) is 48.5 Å². The number of ether oxygens (including phenoxy) is 1. The predicted octanol–water partition coefficient (Wildman–Crippen LogP) is 3.71. The average molecular weight is 318 g/mol. The molecule has 0 radical (unpaired) electrons. The number of benzene rings is 2. The van der Waals surface area contributed by atoms with E-state index in [0.29, 0.717) is 11.4 Å². The fourth-order valence-corrected chi connectivity index (χ4v) is 1.48. The summed E-state index contributed by atoms with van der Waals surface area (Å²) < 4.78 is 5.04. The maximum absolute atomic E-state index is 11.3. The molecule has 0 aromatic heterocycles. The monoisotopic (exact) mass is 318 g/mol. The van der Waals surface area contributed by atoms with E-state index in [0.717, 1.165) is 0 Å². The van der Waals surface area contributed by atoms with Crippen LogP contribution >= 0.6 is 0 Å². The number of aromatic hydroxyl groups is 2. The number of nitrogens with two attached hydrogens (primary N) is 1. The quantitative estimate of drug-likeness (QED) is 0.474. The second-order valence-electron chi connectivity index (χ2n) is 5.70. The van der Waals surface area contributed by atoms with E-state index in [-0.39, 0.29) is 11.5 Å². The first kappa shape index (κ1) is 18.2. The zero-order valence-corrected chi connectivity index (χ0v) is 13.4. The minimum absolute atomic E-state index is 0.0170. The molecule has 0 heterocycles. The summed E-state index contributed by atoms with van der Waals surface area (Å²) in [6.45, 7) is 5.33. The number of carbonyl (C=O) groups excluding carboxylic acids is 1. The van der Waals surface area contributed by atoms with Crippen LogP contribution in [0.1, 0.15) is 20.8 Å². The summed E-state index contributed by atoms with van der Waals surface area (Å²) in [6.07, 6.45) is -0.580. The second kappa shape index (κ2) is 7.93. The third-order valence-corrected chi connectivity index (χ3v) is 2.48. The van der Waals surface area contributed by atoms with Crippen molar-refractivity contribution in [1.82, 2.24) is 0 Å². The summed E-state index contributed by atoms with van der Waals surface area (Å²) in [6, 6.07) is 13.2. The second-order valence-corrected chi connectivity index (χ2v) is 5.70. The molecule has 0 bridgehead atoms. The van der Waals surface area contributed by atoms with Gasteiger partial charge in [0.1, 0.15) is 17.1 Å². The average Bonchev–Trinajstić information content (AvgIpc) is 2.43. The van der Waals surface area contributed by atoms with Crippen LogP contribution in [0.25, 0.3) is 0 Å². The van der Waals surface area contributed by atoms with Crippen molar-refractivity contribution in [2.75, 3.05) is 11.1 Å². The SMILES string of the molecule is CC(C)(C)OC(=O)Nc1ccccc1O.Nc1ccccc1O. The maximum Gasteiger partial charge on any atom is 0.412 e. The Morgan fingerprint density at radius 1 is 1.00 bits per heavy atom. The van der Waals surface area contributed by atoms with Crippen LogP contribution in [0.2, 0.25) is 0 Å². The summed E-state index contributed by atoms with van der Waals surface area (Å²) in [7, 11) is 0. The van der Waals surface area contributed by atoms with Gasteiger partial charge in [-0.1, -0.05) is 24.3 Å². The highest BCUT2D eigenvalue weighted by Crippen LogP contribution is 2.22. The van der Waals surface area contributed by atoms with Gasteiger partial charge in [0, 0.05) is 0 Å². The summed E-state index contributed by atoms with van der Waals surface area (Å²) in [5, 5.41) is 20.6. The summed E-state index contributed by atoms with van der Waals surface area (Å²) in [5.74, 6) is 0.163. The van der Waals surface area contributed by atoms with E-state index >= 15 is 0 Å². The first-order valence-corrected chi connectivity index (χ1v) is 7.00. The fraction of sp³-hybridized carbons (Fsp3) is 0.235. The number of para-hydroxylation sites is 4. The first-order chi connectivity index (χ1) is 10.7. The van der Waals surface area contributed by atoms with Gasteiger partial charge in [0.2, 0.25) is 0 Å². The van der Waals surface area contributed by atoms with Crippen LogP contribution in [0, 0.1) is 0 Å². The molecule has 23 heavy (non-hydrogen) atoms. The molecule has 0 atom stereocenters.